The summed E-state index contributed by atoms with van der Waals surface area (Å²) in [5, 5.41) is 20.8. The summed E-state index contributed by atoms with van der Waals surface area (Å²) in [7, 11) is 1.41. The lowest BCUT2D eigenvalue weighted by Crippen LogP contribution is -2.57. The number of hydrogen-bond acceptors (Lipinski definition) is 6. The van der Waals surface area contributed by atoms with Crippen LogP contribution < -0.4 is 0 Å². The highest BCUT2D eigenvalue weighted by Crippen LogP contribution is 2.73. The van der Waals surface area contributed by atoms with E-state index in [2.05, 4.69) is 45.6 Å². The molecule has 208 valence electrons. The van der Waals surface area contributed by atoms with E-state index in [-0.39, 0.29) is 33.5 Å². The molecule has 4 rings (SSSR count). The Balaban J connectivity index is 1.71. The quantitative estimate of drug-likeness (QED) is 0.191. The van der Waals surface area contributed by atoms with Gasteiger partial charge in [0.15, 0.2) is 0 Å². The molecule has 0 aromatic carbocycles. The minimum atomic E-state index is -0.862. The van der Waals surface area contributed by atoms with Crippen molar-refractivity contribution in [2.45, 2.75) is 105 Å². The van der Waals surface area contributed by atoms with Crippen LogP contribution in [0.15, 0.2) is 23.8 Å². The van der Waals surface area contributed by atoms with Crippen LogP contribution in [0.5, 0.6) is 0 Å². The summed E-state index contributed by atoms with van der Waals surface area (Å²) in [5.74, 6) is 0.0640. The van der Waals surface area contributed by atoms with Crippen molar-refractivity contribution >= 4 is 11.8 Å². The van der Waals surface area contributed by atoms with Gasteiger partial charge in [0.2, 0.25) is 0 Å². The van der Waals surface area contributed by atoms with Crippen LogP contribution in [0.3, 0.4) is 0 Å². The minimum Gasteiger partial charge on any atom is -0.469 e. The molecule has 3 saturated carbocycles. The van der Waals surface area contributed by atoms with Crippen LogP contribution in [0.25, 0.3) is 0 Å². The molecular weight excluding hydrogens is 468 g/mol. The smallest absolute Gasteiger partial charge is 0.309 e. The lowest BCUT2D eigenvalue weighted by molar-refractivity contribution is -0.297. The monoisotopic (exact) mass is 516 g/mol. The number of methoxy groups -OCH3 is 1. The van der Waals surface area contributed by atoms with Gasteiger partial charge in [-0.1, -0.05) is 58.4 Å². The average molecular weight is 517 g/mol. The van der Waals surface area contributed by atoms with Gasteiger partial charge in [-0.05, 0) is 80.5 Å². The summed E-state index contributed by atoms with van der Waals surface area (Å²) in [6.45, 7) is 14.7. The van der Waals surface area contributed by atoms with Crippen molar-refractivity contribution in [1.29, 1.82) is 0 Å². The van der Waals surface area contributed by atoms with Crippen LogP contribution in [0.1, 0.15) is 93.4 Å². The van der Waals surface area contributed by atoms with Crippen molar-refractivity contribution in [3.05, 3.63) is 23.8 Å². The molecule has 8 unspecified atom stereocenters. The number of ketones is 1. The minimum absolute atomic E-state index is 0.0647. The molecule has 6 nitrogen and oxygen atoms in total. The summed E-state index contributed by atoms with van der Waals surface area (Å²) >= 11 is 0. The van der Waals surface area contributed by atoms with Gasteiger partial charge in [0, 0.05) is 17.8 Å². The molecule has 2 N–H and O–H groups in total. The molecule has 37 heavy (non-hydrogen) atoms. The second kappa shape index (κ2) is 9.31. The van der Waals surface area contributed by atoms with Crippen molar-refractivity contribution in [3.8, 4) is 0 Å². The van der Waals surface area contributed by atoms with E-state index in [0.717, 1.165) is 25.7 Å². The van der Waals surface area contributed by atoms with Crippen LogP contribution in [0.2, 0.25) is 0 Å². The zero-order valence-corrected chi connectivity index (χ0v) is 24.1. The topological polar surface area (TPSA) is 93.1 Å². The molecular formula is C31H48O6. The average Bonchev–Trinajstić information content (AvgIpc) is 3.04. The Kier molecular flexibility index (Phi) is 7.17. The molecule has 3 fully saturated rings. The number of esters is 1. The second-order valence-electron chi connectivity index (χ2n) is 14.2. The molecule has 0 spiro atoms. The number of aliphatic hydroxyl groups is 1. The first kappa shape index (κ1) is 28.5. The number of carbonyl (C=O) groups is 2. The van der Waals surface area contributed by atoms with Crippen molar-refractivity contribution in [2.24, 2.45) is 45.3 Å². The van der Waals surface area contributed by atoms with Crippen LogP contribution in [0, 0.1) is 45.3 Å². The summed E-state index contributed by atoms with van der Waals surface area (Å²) in [6, 6.07) is 0. The summed E-state index contributed by atoms with van der Waals surface area (Å²) in [4.78, 5) is 30.5. The maximum Gasteiger partial charge on any atom is 0.309 e. The lowest BCUT2D eigenvalue weighted by atomic mass is 9.41. The predicted octanol–water partition coefficient (Wildman–Crippen LogP) is 6.14. The normalized spacial score (nSPS) is 42.0. The molecule has 0 heterocycles. The van der Waals surface area contributed by atoms with Gasteiger partial charge in [0.1, 0.15) is 11.4 Å². The number of Topliss-reactive ketones (excluding diaryl/α,β-unsaturated/α-hetero) is 1. The van der Waals surface area contributed by atoms with Crippen LogP contribution in [-0.2, 0) is 19.2 Å². The predicted molar refractivity (Wildman–Crippen MR) is 142 cm³/mol. The van der Waals surface area contributed by atoms with Crippen LogP contribution in [0.4, 0.5) is 0 Å². The van der Waals surface area contributed by atoms with Gasteiger partial charge < -0.3 is 9.84 Å². The van der Waals surface area contributed by atoms with Crippen LogP contribution in [-0.4, -0.2) is 40.9 Å². The Morgan fingerprint density at radius 2 is 1.89 bits per heavy atom. The van der Waals surface area contributed by atoms with Gasteiger partial charge in [0.25, 0.3) is 0 Å². The Bertz CT molecular complexity index is 994. The standard InChI is InChI=1S/C31H48O6/c1-27(2,37-35)15-9-10-19(26(34)36-8)25-22(32)18-31(7)21-11-12-23-28(3,4)24(33)14-16-29(23,5)20(21)13-17-30(25,31)6/h9,11,15,19-20,22-23,25,32,35H,10,12-14,16-18H2,1-8H3. The molecule has 4 aliphatic carbocycles. The summed E-state index contributed by atoms with van der Waals surface area (Å²) < 4.78 is 5.25. The number of aliphatic hydroxyl groups excluding tert-OH is 1. The first-order chi connectivity index (χ1) is 17.1. The van der Waals surface area contributed by atoms with E-state index in [9.17, 15) is 14.7 Å². The fourth-order valence-corrected chi connectivity index (χ4v) is 9.40. The SMILES string of the molecule is COC(=O)C(CC=CC(C)(C)OO)C1C(O)CC2(C)C3=CCC4C(C)(C)C(=O)CCC4(C)C3CCC12C. The fourth-order valence-electron chi connectivity index (χ4n) is 9.40. The number of rotatable bonds is 6. The van der Waals surface area contributed by atoms with Crippen LogP contribution >= 0.6 is 0 Å². The Labute approximate surface area is 222 Å². The van der Waals surface area contributed by atoms with E-state index in [1.807, 2.05) is 6.08 Å². The van der Waals surface area contributed by atoms with Gasteiger partial charge in [-0.15, -0.1) is 0 Å². The number of allylic oxidation sites excluding steroid dienone is 3. The van der Waals surface area contributed by atoms with E-state index >= 15 is 0 Å². The molecule has 0 aromatic heterocycles. The number of carbonyl (C=O) groups excluding carboxylic acids is 2. The highest BCUT2D eigenvalue weighted by Gasteiger charge is 2.68. The van der Waals surface area contributed by atoms with Crippen molar-refractivity contribution in [3.63, 3.8) is 0 Å². The molecule has 0 bridgehead atoms. The van der Waals surface area contributed by atoms with E-state index in [1.165, 1.54) is 12.7 Å². The van der Waals surface area contributed by atoms with Crippen molar-refractivity contribution < 1.29 is 29.6 Å². The second-order valence-corrected chi connectivity index (χ2v) is 14.2. The molecule has 0 amide bonds. The Morgan fingerprint density at radius 3 is 2.51 bits per heavy atom. The third-order valence-electron chi connectivity index (χ3n) is 11.7. The Hall–Kier alpha value is -1.50. The Morgan fingerprint density at radius 1 is 1.22 bits per heavy atom. The van der Waals surface area contributed by atoms with Crippen molar-refractivity contribution in [1.82, 2.24) is 0 Å². The van der Waals surface area contributed by atoms with E-state index < -0.39 is 17.6 Å². The molecule has 4 aliphatic rings. The third kappa shape index (κ3) is 4.17. The first-order valence-electron chi connectivity index (χ1n) is 14.1. The maximum atomic E-state index is 13.1. The van der Waals surface area contributed by atoms with Gasteiger partial charge >= 0.3 is 5.97 Å². The zero-order valence-electron chi connectivity index (χ0n) is 24.1. The van der Waals surface area contributed by atoms with Gasteiger partial charge in [-0.25, -0.2) is 4.89 Å². The van der Waals surface area contributed by atoms with E-state index in [0.29, 0.717) is 36.9 Å². The molecule has 0 aromatic rings. The molecule has 0 saturated heterocycles. The van der Waals surface area contributed by atoms with Gasteiger partial charge in [-0.3, -0.25) is 14.8 Å². The summed E-state index contributed by atoms with van der Waals surface area (Å²) in [6.07, 6.45) is 10.8. The highest BCUT2D eigenvalue weighted by atomic mass is 17.1. The largest absolute Gasteiger partial charge is 0.469 e. The molecule has 8 atom stereocenters. The lowest BCUT2D eigenvalue weighted by Gasteiger charge is -2.63. The zero-order chi connectivity index (χ0) is 27.6. The van der Waals surface area contributed by atoms with E-state index in [4.69, 9.17) is 9.99 Å². The third-order valence-corrected chi connectivity index (χ3v) is 11.7. The molecule has 0 radical (unpaired) electrons. The fraction of sp³-hybridized carbons (Fsp3) is 0.806. The van der Waals surface area contributed by atoms with Crippen molar-refractivity contribution in [2.75, 3.05) is 7.11 Å². The molecule has 0 aliphatic heterocycles. The summed E-state index contributed by atoms with van der Waals surface area (Å²) in [5.41, 5.74) is -0.172. The molecule has 6 heteroatoms. The van der Waals surface area contributed by atoms with E-state index in [1.54, 1.807) is 19.9 Å². The first-order valence-corrected chi connectivity index (χ1v) is 14.1. The van der Waals surface area contributed by atoms with Gasteiger partial charge in [0.05, 0.1) is 19.1 Å². The number of fused-ring (bicyclic) bond motifs is 5. The number of hydrogen-bond donors (Lipinski definition) is 2. The highest BCUT2D eigenvalue weighted by molar-refractivity contribution is 5.85. The van der Waals surface area contributed by atoms with Gasteiger partial charge in [-0.2, -0.15) is 0 Å². The number of ether oxygens (including phenoxy) is 1. The maximum absolute atomic E-state index is 13.1.